The summed E-state index contributed by atoms with van der Waals surface area (Å²) in [4.78, 5) is 17.1. The predicted molar refractivity (Wildman–Crippen MR) is 140 cm³/mol. The molecule has 0 atom stereocenters. The molecule has 1 heterocycles. The molecule has 3 aromatic carbocycles. The Hall–Kier alpha value is -3.80. The Morgan fingerprint density at radius 3 is 2.40 bits per heavy atom. The monoisotopic (exact) mass is 582 g/mol. The van der Waals surface area contributed by atoms with Crippen LogP contribution in [-0.2, 0) is 30.1 Å². The third kappa shape index (κ3) is 7.65. The van der Waals surface area contributed by atoms with Crippen LogP contribution in [0, 0.1) is 0 Å². The summed E-state index contributed by atoms with van der Waals surface area (Å²) >= 11 is 1.29. The van der Waals surface area contributed by atoms with Gasteiger partial charge in [-0.05, 0) is 60.4 Å². The molecule has 1 N–H and O–H groups in total. The number of halogens is 6. The number of nitrogens with zero attached hydrogens (tertiary/aromatic N) is 2. The zero-order valence-electron chi connectivity index (χ0n) is 20.9. The number of rotatable bonds is 11. The minimum absolute atomic E-state index is 0.141. The van der Waals surface area contributed by atoms with Crippen molar-refractivity contribution in [1.29, 1.82) is 0 Å². The number of ether oxygens (including phenoxy) is 1. The van der Waals surface area contributed by atoms with Crippen LogP contribution in [0.4, 0.5) is 31.5 Å². The highest BCUT2D eigenvalue weighted by Crippen LogP contribution is 2.39. The van der Waals surface area contributed by atoms with Crippen LogP contribution in [0.15, 0.2) is 66.7 Å². The molecule has 0 aliphatic carbocycles. The molecule has 212 valence electrons. The number of unbranched alkanes of at least 4 members (excludes halogenated alkanes) is 1. The molecule has 4 rings (SSSR count). The van der Waals surface area contributed by atoms with Crippen LogP contribution in [0.1, 0.15) is 35.1 Å². The van der Waals surface area contributed by atoms with Crippen LogP contribution in [0.3, 0.4) is 0 Å². The lowest BCUT2D eigenvalue weighted by molar-refractivity contribution is -0.143. The van der Waals surface area contributed by atoms with Crippen LogP contribution >= 0.6 is 11.3 Å². The average Bonchev–Trinajstić information content (AvgIpc) is 3.31. The molecule has 0 aliphatic rings. The minimum atomic E-state index is -4.97. The second kappa shape index (κ2) is 12.2. The molecule has 0 spiro atoms. The van der Waals surface area contributed by atoms with Crippen molar-refractivity contribution in [3.8, 4) is 5.75 Å². The first-order valence-electron chi connectivity index (χ1n) is 12.2. The van der Waals surface area contributed by atoms with Gasteiger partial charge in [0.2, 0.25) is 0 Å². The van der Waals surface area contributed by atoms with E-state index < -0.39 is 29.4 Å². The van der Waals surface area contributed by atoms with E-state index >= 15 is 0 Å². The lowest BCUT2D eigenvalue weighted by Crippen LogP contribution is -2.26. The van der Waals surface area contributed by atoms with E-state index in [0.29, 0.717) is 40.9 Å². The summed E-state index contributed by atoms with van der Waals surface area (Å²) in [6, 6.07) is 15.6. The first-order valence-corrected chi connectivity index (χ1v) is 13.0. The Labute approximate surface area is 229 Å². The van der Waals surface area contributed by atoms with E-state index in [0.717, 1.165) is 10.8 Å². The van der Waals surface area contributed by atoms with Crippen molar-refractivity contribution in [3.63, 3.8) is 0 Å². The number of para-hydroxylation sites is 1. The van der Waals surface area contributed by atoms with Gasteiger partial charge < -0.3 is 14.7 Å². The Bertz CT molecular complexity index is 1440. The van der Waals surface area contributed by atoms with Crippen LogP contribution in [0.2, 0.25) is 0 Å². The molecule has 0 saturated heterocycles. The van der Waals surface area contributed by atoms with Crippen molar-refractivity contribution in [2.24, 2.45) is 0 Å². The molecule has 0 fully saturated rings. The largest absolute Gasteiger partial charge is 0.494 e. The lowest BCUT2D eigenvalue weighted by atomic mass is 10.0. The number of fused-ring (bicyclic) bond motifs is 1. The molecule has 0 bridgehead atoms. The highest BCUT2D eigenvalue weighted by Gasteiger charge is 2.38. The number of hydrogen-bond acceptors (Lipinski definition) is 5. The van der Waals surface area contributed by atoms with Gasteiger partial charge in [-0.15, -0.1) is 0 Å². The summed E-state index contributed by atoms with van der Waals surface area (Å²) in [5.74, 6) is -0.463. The molecule has 0 saturated carbocycles. The number of benzene rings is 3. The Balaban J connectivity index is 1.50. The lowest BCUT2D eigenvalue weighted by Gasteiger charge is -2.24. The third-order valence-electron chi connectivity index (χ3n) is 6.00. The fourth-order valence-electron chi connectivity index (χ4n) is 4.11. The van der Waals surface area contributed by atoms with E-state index in [1.54, 1.807) is 41.3 Å². The fraction of sp³-hybridized carbons (Fsp3) is 0.286. The van der Waals surface area contributed by atoms with Crippen LogP contribution in [-0.4, -0.2) is 29.2 Å². The first-order chi connectivity index (χ1) is 18.9. The summed E-state index contributed by atoms with van der Waals surface area (Å²) < 4.78 is 87.4. The van der Waals surface area contributed by atoms with Crippen molar-refractivity contribution >= 4 is 32.7 Å². The van der Waals surface area contributed by atoms with Crippen molar-refractivity contribution in [3.05, 3.63) is 89.0 Å². The van der Waals surface area contributed by atoms with Gasteiger partial charge in [0.25, 0.3) is 0 Å². The van der Waals surface area contributed by atoms with E-state index in [4.69, 9.17) is 9.84 Å². The highest BCUT2D eigenvalue weighted by molar-refractivity contribution is 7.22. The number of aliphatic carboxylic acids is 1. The summed E-state index contributed by atoms with van der Waals surface area (Å²) in [7, 11) is 0. The maximum atomic E-state index is 13.8. The second-order valence-electron chi connectivity index (χ2n) is 9.03. The topological polar surface area (TPSA) is 62.7 Å². The number of anilines is 1. The standard InChI is InChI=1S/C28H24F6N2O3S/c29-27(30,31)20-11-10-19(22(16-20)28(32,33)34)17-36(26-35-23-8-1-2-9-24(23)40-26)12-3-4-13-39-21-7-5-6-18(14-21)15-25(37)38/h1-2,5-11,14,16H,3-4,12-13,15,17H2,(H,37,38). The van der Waals surface area contributed by atoms with Crippen molar-refractivity contribution in [2.45, 2.75) is 38.2 Å². The molecule has 4 aromatic rings. The molecule has 40 heavy (non-hydrogen) atoms. The molecule has 12 heteroatoms. The number of carboxylic acid groups (broad SMARTS) is 1. The molecule has 0 radical (unpaired) electrons. The van der Waals surface area contributed by atoms with Gasteiger partial charge in [-0.3, -0.25) is 4.79 Å². The number of aromatic nitrogens is 1. The summed E-state index contributed by atoms with van der Waals surface area (Å²) in [5, 5.41) is 9.41. The van der Waals surface area contributed by atoms with Gasteiger partial charge in [0, 0.05) is 13.1 Å². The van der Waals surface area contributed by atoms with Gasteiger partial charge in [-0.2, -0.15) is 26.3 Å². The normalized spacial score (nSPS) is 12.1. The summed E-state index contributed by atoms with van der Waals surface area (Å²) in [6.45, 7) is 0.268. The van der Waals surface area contributed by atoms with Gasteiger partial charge in [-0.1, -0.05) is 41.7 Å². The third-order valence-corrected chi connectivity index (χ3v) is 7.10. The molecular formula is C28H24F6N2O3S. The highest BCUT2D eigenvalue weighted by atomic mass is 32.1. The fourth-order valence-corrected chi connectivity index (χ4v) is 5.10. The SMILES string of the molecule is O=C(O)Cc1cccc(OCCCCN(Cc2ccc(C(F)(F)F)cc2C(F)(F)F)c2nc3ccccc3s2)c1. The van der Waals surface area contributed by atoms with Crippen molar-refractivity contribution < 1.29 is 41.0 Å². The van der Waals surface area contributed by atoms with Crippen molar-refractivity contribution in [2.75, 3.05) is 18.1 Å². The quantitative estimate of drug-likeness (QED) is 0.144. The zero-order chi connectivity index (χ0) is 28.9. The predicted octanol–water partition coefficient (Wildman–Crippen LogP) is 7.83. The zero-order valence-corrected chi connectivity index (χ0v) is 21.7. The van der Waals surface area contributed by atoms with Gasteiger partial charge in [0.15, 0.2) is 5.13 Å². The molecular weight excluding hydrogens is 558 g/mol. The van der Waals surface area contributed by atoms with E-state index in [-0.39, 0.29) is 37.7 Å². The summed E-state index contributed by atoms with van der Waals surface area (Å²) in [5.41, 5.74) is -1.73. The van der Waals surface area contributed by atoms with Gasteiger partial charge in [-0.25, -0.2) is 4.98 Å². The molecule has 0 amide bonds. The Morgan fingerprint density at radius 1 is 0.925 bits per heavy atom. The van der Waals surface area contributed by atoms with E-state index in [2.05, 4.69) is 4.98 Å². The molecule has 0 aliphatic heterocycles. The van der Waals surface area contributed by atoms with Gasteiger partial charge in [0.1, 0.15) is 5.75 Å². The van der Waals surface area contributed by atoms with E-state index in [1.807, 2.05) is 12.1 Å². The van der Waals surface area contributed by atoms with Crippen LogP contribution in [0.5, 0.6) is 5.75 Å². The smallest absolute Gasteiger partial charge is 0.416 e. The number of thiazole rings is 1. The van der Waals surface area contributed by atoms with Crippen LogP contribution < -0.4 is 9.64 Å². The van der Waals surface area contributed by atoms with Crippen molar-refractivity contribution in [1.82, 2.24) is 4.98 Å². The summed E-state index contributed by atoms with van der Waals surface area (Å²) in [6.07, 6.45) is -9.01. The van der Waals surface area contributed by atoms with Gasteiger partial charge in [0.05, 0.1) is 34.4 Å². The Morgan fingerprint density at radius 2 is 1.70 bits per heavy atom. The maximum absolute atomic E-state index is 13.8. The van der Waals surface area contributed by atoms with Crippen LogP contribution in [0.25, 0.3) is 10.2 Å². The number of hydrogen-bond donors (Lipinski definition) is 1. The first kappa shape index (κ1) is 29.2. The molecule has 0 unspecified atom stereocenters. The van der Waals surface area contributed by atoms with Gasteiger partial charge >= 0.3 is 18.3 Å². The minimum Gasteiger partial charge on any atom is -0.494 e. The maximum Gasteiger partial charge on any atom is 0.416 e. The molecule has 1 aromatic heterocycles. The number of carboxylic acids is 1. The number of carbonyl (C=O) groups is 1. The van der Waals surface area contributed by atoms with E-state index in [9.17, 15) is 31.1 Å². The number of alkyl halides is 6. The van der Waals surface area contributed by atoms with E-state index in [1.165, 1.54) is 11.3 Å². The Kier molecular flexibility index (Phi) is 8.87. The molecule has 5 nitrogen and oxygen atoms in total. The second-order valence-corrected chi connectivity index (χ2v) is 10.0. The average molecular weight is 583 g/mol.